The van der Waals surface area contributed by atoms with Crippen LogP contribution in [-0.2, 0) is 33.3 Å². The molecule has 2 spiro atoms. The molecular weight excluding hydrogens is 664 g/mol. The number of Topliss-reactive ketones (excluding diaryl/α,β-unsaturated/α-hetero) is 1. The van der Waals surface area contributed by atoms with Crippen LogP contribution in [0.15, 0.2) is 12.2 Å². The number of hydrogen-bond donors (Lipinski definition) is 3. The van der Waals surface area contributed by atoms with Crippen LogP contribution in [0.4, 0.5) is 0 Å². The maximum absolute atomic E-state index is 14.4. The van der Waals surface area contributed by atoms with Crippen molar-refractivity contribution in [3.8, 4) is 0 Å². The highest BCUT2D eigenvalue weighted by Crippen LogP contribution is 2.54. The Kier molecular flexibility index (Phi) is 12.8. The van der Waals surface area contributed by atoms with Gasteiger partial charge in [0, 0.05) is 36.5 Å². The molecule has 5 aliphatic heterocycles. The topological polar surface area (TPSA) is 141 Å². The van der Waals surface area contributed by atoms with E-state index in [-0.39, 0.29) is 47.8 Å². The highest BCUT2D eigenvalue weighted by Gasteiger charge is 2.60. The van der Waals surface area contributed by atoms with Crippen molar-refractivity contribution in [2.75, 3.05) is 0 Å². The Bertz CT molecular complexity index is 1290. The molecule has 298 valence electrons. The van der Waals surface area contributed by atoms with E-state index in [1.54, 1.807) is 0 Å². The van der Waals surface area contributed by atoms with E-state index in [1.165, 1.54) is 0 Å². The molecule has 0 aliphatic carbocycles. The van der Waals surface area contributed by atoms with Crippen molar-refractivity contribution in [1.82, 2.24) is 0 Å². The quantitative estimate of drug-likeness (QED) is 0.176. The fourth-order valence-electron chi connectivity index (χ4n) is 10.5. The smallest absolute Gasteiger partial charge is 0.309 e. The van der Waals surface area contributed by atoms with Crippen LogP contribution in [0.1, 0.15) is 140 Å². The van der Waals surface area contributed by atoms with Crippen molar-refractivity contribution >= 4 is 11.8 Å². The second kappa shape index (κ2) is 16.0. The first kappa shape index (κ1) is 41.8. The number of carbonyl (C=O) groups is 2. The van der Waals surface area contributed by atoms with Gasteiger partial charge in [-0.3, -0.25) is 9.59 Å². The molecule has 4 saturated heterocycles. The van der Waals surface area contributed by atoms with Gasteiger partial charge in [0.25, 0.3) is 0 Å². The van der Waals surface area contributed by atoms with Crippen molar-refractivity contribution in [3.63, 3.8) is 0 Å². The molecule has 52 heavy (non-hydrogen) atoms. The summed E-state index contributed by atoms with van der Waals surface area (Å²) in [4.78, 5) is 26.3. The first-order valence-electron chi connectivity index (χ1n) is 20.6. The Labute approximate surface area is 312 Å². The Balaban J connectivity index is 1.29. The Hall–Kier alpha value is -1.40. The molecule has 17 atom stereocenters. The third-order valence-electron chi connectivity index (χ3n) is 14.3. The minimum atomic E-state index is -1.06. The number of carbonyl (C=O) groups excluding carboxylic acids is 1. The van der Waals surface area contributed by atoms with E-state index in [1.807, 2.05) is 47.6 Å². The molecule has 10 heteroatoms. The number of carboxylic acid groups (broad SMARTS) is 1. The van der Waals surface area contributed by atoms with Crippen molar-refractivity contribution in [3.05, 3.63) is 12.2 Å². The first-order chi connectivity index (χ1) is 24.4. The minimum Gasteiger partial charge on any atom is -0.481 e. The lowest BCUT2D eigenvalue weighted by atomic mass is 9.72. The van der Waals surface area contributed by atoms with Crippen molar-refractivity contribution in [2.24, 2.45) is 41.4 Å². The highest BCUT2D eigenvalue weighted by molar-refractivity contribution is 5.84. The van der Waals surface area contributed by atoms with Crippen molar-refractivity contribution in [2.45, 2.75) is 199 Å². The van der Waals surface area contributed by atoms with Gasteiger partial charge >= 0.3 is 5.97 Å². The van der Waals surface area contributed by atoms with Crippen LogP contribution in [0.3, 0.4) is 0 Å². The summed E-state index contributed by atoms with van der Waals surface area (Å²) in [6.45, 7) is 20.0. The molecule has 0 saturated carbocycles. The van der Waals surface area contributed by atoms with Gasteiger partial charge in [-0.2, -0.15) is 0 Å². The number of carboxylic acids is 1. The van der Waals surface area contributed by atoms with E-state index in [4.69, 9.17) is 23.7 Å². The average Bonchev–Trinajstić information content (AvgIpc) is 3.43. The van der Waals surface area contributed by atoms with Crippen LogP contribution in [0.2, 0.25) is 0 Å². The van der Waals surface area contributed by atoms with E-state index >= 15 is 0 Å². The molecule has 5 aliphatic rings. The van der Waals surface area contributed by atoms with Crippen LogP contribution in [0.5, 0.6) is 0 Å². The number of aliphatic hydroxyl groups is 2. The lowest BCUT2D eigenvalue weighted by Gasteiger charge is -2.53. The number of hydrogen-bond acceptors (Lipinski definition) is 9. The summed E-state index contributed by atoms with van der Waals surface area (Å²) in [5.74, 6) is -4.67. The Morgan fingerprint density at radius 2 is 1.58 bits per heavy atom. The van der Waals surface area contributed by atoms with Crippen LogP contribution >= 0.6 is 0 Å². The molecular formula is C42H70O10. The van der Waals surface area contributed by atoms with Gasteiger partial charge in [-0.15, -0.1) is 0 Å². The Morgan fingerprint density at radius 3 is 2.19 bits per heavy atom. The highest BCUT2D eigenvalue weighted by atomic mass is 16.8. The maximum atomic E-state index is 14.4. The van der Waals surface area contributed by atoms with E-state index in [9.17, 15) is 24.9 Å². The molecule has 4 fully saturated rings. The summed E-state index contributed by atoms with van der Waals surface area (Å²) >= 11 is 0. The second-order valence-electron chi connectivity index (χ2n) is 17.8. The lowest BCUT2D eigenvalue weighted by molar-refractivity contribution is -0.393. The van der Waals surface area contributed by atoms with Gasteiger partial charge in [0.05, 0.1) is 53.7 Å². The molecule has 0 radical (unpaired) electrons. The molecule has 3 N–H and O–H groups in total. The van der Waals surface area contributed by atoms with Crippen LogP contribution in [0, 0.1) is 41.4 Å². The largest absolute Gasteiger partial charge is 0.481 e. The van der Waals surface area contributed by atoms with Gasteiger partial charge in [0.2, 0.25) is 0 Å². The standard InChI is InChI=1S/C42H70O10/c1-11-30(38(45)46)32-16-15-24(4)36(49-32)28(8)34(43)27(7)35(44)31(12-2)37-25(5)23-26(6)42(50-37)19-14-18-41(52-42)22-21-39(10,51-41)33-17-20-40(47,13-3)29(9)48-33/h14,19,24-34,36-37,43,47H,11-13,15-18,20-23H2,1-10H3,(H,45,46)/t24-,25-,26+,27-,28-,29+,30+,31+,32+,33+,34-,36-,37-,39-,40+,41+,42-/m1/s1. The summed E-state index contributed by atoms with van der Waals surface area (Å²) < 4.78 is 33.9. The first-order valence-corrected chi connectivity index (χ1v) is 20.6. The Morgan fingerprint density at radius 1 is 0.885 bits per heavy atom. The van der Waals surface area contributed by atoms with Gasteiger partial charge in [-0.05, 0) is 89.5 Å². The molecule has 5 heterocycles. The SMILES string of the molecule is CC[C@H](C(=O)O)[C@@H]1CC[C@@H](C)[C@H]([C@H](C)[C@H](O)[C@@H](C)C(=O)[C@H](CC)[C@@H]2O[C@@]3(C=CC[C@@]4(CC[C@](C)([C@@H]5CC[C@@](O)(CC)[C@H](C)O5)O4)O3)[C@@H](C)C[C@H]2C)O1. The molecule has 0 unspecified atom stereocenters. The average molecular weight is 735 g/mol. The van der Waals surface area contributed by atoms with Crippen LogP contribution in [-0.4, -0.2) is 86.5 Å². The normalized spacial score (nSPS) is 45.4. The number of ether oxygens (including phenoxy) is 5. The monoisotopic (exact) mass is 734 g/mol. The van der Waals surface area contributed by atoms with E-state index < -0.39 is 64.8 Å². The molecule has 0 aromatic carbocycles. The summed E-state index contributed by atoms with van der Waals surface area (Å²) in [6.07, 6.45) is 8.95. The zero-order chi connectivity index (χ0) is 38.4. The summed E-state index contributed by atoms with van der Waals surface area (Å²) in [5, 5.41) is 32.5. The minimum absolute atomic E-state index is 0.0134. The number of rotatable bonds is 12. The predicted molar refractivity (Wildman–Crippen MR) is 197 cm³/mol. The molecule has 0 amide bonds. The molecule has 10 nitrogen and oxygen atoms in total. The van der Waals surface area contributed by atoms with E-state index in [0.717, 1.165) is 19.3 Å². The zero-order valence-electron chi connectivity index (χ0n) is 33.6. The third-order valence-corrected chi connectivity index (χ3v) is 14.3. The van der Waals surface area contributed by atoms with Gasteiger partial charge in [-0.25, -0.2) is 0 Å². The van der Waals surface area contributed by atoms with Crippen molar-refractivity contribution in [1.29, 1.82) is 0 Å². The summed E-state index contributed by atoms with van der Waals surface area (Å²) in [5.41, 5.74) is -1.40. The summed E-state index contributed by atoms with van der Waals surface area (Å²) in [6, 6.07) is 0. The molecule has 0 aromatic rings. The molecule has 5 rings (SSSR count). The van der Waals surface area contributed by atoms with Crippen molar-refractivity contribution < 1.29 is 48.6 Å². The lowest BCUT2D eigenvalue weighted by Crippen LogP contribution is -2.60. The maximum Gasteiger partial charge on any atom is 0.309 e. The van der Waals surface area contributed by atoms with Crippen LogP contribution in [0.25, 0.3) is 0 Å². The number of aliphatic carboxylic acids is 1. The fraction of sp³-hybridized carbons (Fsp3) is 0.905. The number of ketones is 1. The van der Waals surface area contributed by atoms with Gasteiger partial charge in [-0.1, -0.05) is 61.5 Å². The van der Waals surface area contributed by atoms with E-state index in [0.29, 0.717) is 51.4 Å². The zero-order valence-corrected chi connectivity index (χ0v) is 33.6. The van der Waals surface area contributed by atoms with Crippen LogP contribution < -0.4 is 0 Å². The second-order valence-corrected chi connectivity index (χ2v) is 17.8. The predicted octanol–water partition coefficient (Wildman–Crippen LogP) is 7.22. The van der Waals surface area contributed by atoms with E-state index in [2.05, 4.69) is 33.8 Å². The third kappa shape index (κ3) is 7.83. The van der Waals surface area contributed by atoms with Gasteiger partial charge in [0.1, 0.15) is 5.78 Å². The van der Waals surface area contributed by atoms with Gasteiger partial charge < -0.3 is 39.0 Å². The van der Waals surface area contributed by atoms with Gasteiger partial charge in [0.15, 0.2) is 11.6 Å². The molecule has 0 aromatic heterocycles. The summed E-state index contributed by atoms with van der Waals surface area (Å²) in [7, 11) is 0. The fourth-order valence-corrected chi connectivity index (χ4v) is 10.5. The molecule has 0 bridgehead atoms. The number of aliphatic hydroxyl groups excluding tert-OH is 1.